The molecule has 0 radical (unpaired) electrons. The van der Waals surface area contributed by atoms with E-state index in [0.717, 1.165) is 29.5 Å². The van der Waals surface area contributed by atoms with Crippen LogP contribution in [0.3, 0.4) is 0 Å². The standard InChI is InChI=1S/C13H19Cl3N2O2S/c1-5-6-7-18-10(21-9(2)17-18)8-11(19)20-12(3,4)13(14,15)16/h8H,5-7H2,1-4H3. The maximum Gasteiger partial charge on any atom is 0.334 e. The van der Waals surface area contributed by atoms with Gasteiger partial charge < -0.3 is 4.74 Å². The Hall–Kier alpha value is -0.100. The fourth-order valence-electron chi connectivity index (χ4n) is 1.46. The minimum absolute atomic E-state index is 0.555. The van der Waals surface area contributed by atoms with Gasteiger partial charge in [0.25, 0.3) is 0 Å². The maximum absolute atomic E-state index is 12.0. The van der Waals surface area contributed by atoms with Gasteiger partial charge in [-0.1, -0.05) is 59.9 Å². The van der Waals surface area contributed by atoms with E-state index >= 15 is 0 Å². The van der Waals surface area contributed by atoms with Gasteiger partial charge in [0, 0.05) is 6.54 Å². The molecule has 8 heteroatoms. The predicted molar refractivity (Wildman–Crippen MR) is 90.9 cm³/mol. The maximum atomic E-state index is 12.0. The molecular weight excluding hydrogens is 355 g/mol. The second-order valence-electron chi connectivity index (χ2n) is 5.11. The van der Waals surface area contributed by atoms with Crippen molar-refractivity contribution in [3.8, 4) is 0 Å². The number of nitrogens with zero attached hydrogens (tertiary/aromatic N) is 2. The summed E-state index contributed by atoms with van der Waals surface area (Å²) in [4.78, 5) is 12.0. The summed E-state index contributed by atoms with van der Waals surface area (Å²) in [5, 5.41) is 7.77. The molecule has 0 aromatic rings. The summed E-state index contributed by atoms with van der Waals surface area (Å²) >= 11 is 18.8. The first kappa shape index (κ1) is 18.9. The Balaban J connectivity index is 2.76. The third-order valence-electron chi connectivity index (χ3n) is 2.77. The second-order valence-corrected chi connectivity index (χ2v) is 8.60. The zero-order valence-corrected chi connectivity index (χ0v) is 15.5. The average molecular weight is 374 g/mol. The SMILES string of the molecule is CCCCN1N=C(C)SC1=CC(=O)OC(C)(C)C(Cl)(Cl)Cl. The smallest absolute Gasteiger partial charge is 0.334 e. The molecule has 120 valence electrons. The fourth-order valence-corrected chi connectivity index (χ4v) is 2.41. The van der Waals surface area contributed by atoms with E-state index in [-0.39, 0.29) is 0 Å². The summed E-state index contributed by atoms with van der Waals surface area (Å²) in [6.45, 7) is 7.85. The van der Waals surface area contributed by atoms with Crippen molar-refractivity contribution in [2.45, 2.75) is 49.9 Å². The number of unbranched alkanes of at least 4 members (excludes halogenated alkanes) is 1. The summed E-state index contributed by atoms with van der Waals surface area (Å²) in [6, 6.07) is 0. The van der Waals surface area contributed by atoms with E-state index in [9.17, 15) is 4.79 Å². The first-order chi connectivity index (χ1) is 9.56. The van der Waals surface area contributed by atoms with Crippen LogP contribution < -0.4 is 0 Å². The lowest BCUT2D eigenvalue weighted by Crippen LogP contribution is -2.41. The third kappa shape index (κ3) is 5.55. The topological polar surface area (TPSA) is 41.9 Å². The van der Waals surface area contributed by atoms with Gasteiger partial charge in [-0.25, -0.2) is 4.79 Å². The summed E-state index contributed by atoms with van der Waals surface area (Å²) in [5.41, 5.74) is -1.22. The number of carbonyl (C=O) groups excluding carboxylic acids is 1. The Bertz CT molecular complexity index is 459. The Morgan fingerprint density at radius 1 is 1.43 bits per heavy atom. The molecule has 0 amide bonds. The van der Waals surface area contributed by atoms with E-state index < -0.39 is 15.4 Å². The van der Waals surface area contributed by atoms with Crippen LogP contribution in [-0.2, 0) is 9.53 Å². The number of esters is 1. The monoisotopic (exact) mass is 372 g/mol. The van der Waals surface area contributed by atoms with Gasteiger partial charge >= 0.3 is 5.97 Å². The molecule has 0 saturated carbocycles. The molecule has 1 aliphatic heterocycles. The van der Waals surface area contributed by atoms with Crippen molar-refractivity contribution in [3.05, 3.63) is 11.1 Å². The lowest BCUT2D eigenvalue weighted by molar-refractivity contribution is -0.149. The molecule has 21 heavy (non-hydrogen) atoms. The number of rotatable bonds is 5. The zero-order chi connectivity index (χ0) is 16.3. The summed E-state index contributed by atoms with van der Waals surface area (Å²) in [7, 11) is 0. The van der Waals surface area contributed by atoms with Gasteiger partial charge in [-0.05, 0) is 27.2 Å². The molecule has 0 bridgehead atoms. The zero-order valence-electron chi connectivity index (χ0n) is 12.5. The van der Waals surface area contributed by atoms with Crippen molar-refractivity contribution < 1.29 is 9.53 Å². The lowest BCUT2D eigenvalue weighted by atomic mass is 10.2. The molecule has 0 fully saturated rings. The Kier molecular flexibility index (Phi) is 6.72. The van der Waals surface area contributed by atoms with Crippen LogP contribution in [0.4, 0.5) is 0 Å². The minimum atomic E-state index is -1.70. The third-order valence-corrected chi connectivity index (χ3v) is 5.05. The summed E-state index contributed by atoms with van der Waals surface area (Å²) in [5.74, 6) is -0.555. The Morgan fingerprint density at radius 2 is 2.05 bits per heavy atom. The van der Waals surface area contributed by atoms with Gasteiger partial charge in [-0.15, -0.1) is 0 Å². The minimum Gasteiger partial charge on any atom is -0.452 e. The van der Waals surface area contributed by atoms with Gasteiger partial charge in [0.1, 0.15) is 5.03 Å². The van der Waals surface area contributed by atoms with Gasteiger partial charge in [0.15, 0.2) is 5.60 Å². The van der Waals surface area contributed by atoms with Gasteiger partial charge in [-0.2, -0.15) is 5.10 Å². The molecule has 0 N–H and O–H groups in total. The lowest BCUT2D eigenvalue weighted by Gasteiger charge is -2.31. The van der Waals surface area contributed by atoms with Gasteiger partial charge in [0.05, 0.1) is 11.1 Å². The average Bonchev–Trinajstić information content (AvgIpc) is 2.64. The molecule has 1 rings (SSSR count). The molecule has 0 aliphatic carbocycles. The molecule has 0 unspecified atom stereocenters. The number of carbonyl (C=O) groups is 1. The number of hydrogen-bond donors (Lipinski definition) is 0. The molecule has 1 heterocycles. The van der Waals surface area contributed by atoms with Crippen LogP contribution in [0.15, 0.2) is 16.2 Å². The fraction of sp³-hybridized carbons (Fsp3) is 0.692. The van der Waals surface area contributed by atoms with E-state index in [4.69, 9.17) is 39.5 Å². The Labute approximate surface area is 144 Å². The van der Waals surface area contributed by atoms with Crippen LogP contribution in [0.2, 0.25) is 0 Å². The summed E-state index contributed by atoms with van der Waals surface area (Å²) in [6.07, 6.45) is 3.43. The highest BCUT2D eigenvalue weighted by atomic mass is 35.6. The molecule has 4 nitrogen and oxygen atoms in total. The number of hydrazone groups is 1. The van der Waals surface area contributed by atoms with Crippen LogP contribution in [0, 0.1) is 0 Å². The van der Waals surface area contributed by atoms with Crippen LogP contribution >= 0.6 is 46.6 Å². The van der Waals surface area contributed by atoms with E-state index in [0.29, 0.717) is 0 Å². The molecule has 0 aromatic carbocycles. The summed E-state index contributed by atoms with van der Waals surface area (Å²) < 4.78 is 3.55. The Morgan fingerprint density at radius 3 is 2.57 bits per heavy atom. The van der Waals surface area contributed by atoms with Gasteiger partial charge in [-0.3, -0.25) is 5.01 Å². The van der Waals surface area contributed by atoms with Gasteiger partial charge in [0.2, 0.25) is 3.79 Å². The van der Waals surface area contributed by atoms with E-state index in [1.165, 1.54) is 17.8 Å². The highest BCUT2D eigenvalue weighted by Gasteiger charge is 2.44. The van der Waals surface area contributed by atoms with Crippen LogP contribution in [0.25, 0.3) is 0 Å². The number of ether oxygens (including phenoxy) is 1. The van der Waals surface area contributed by atoms with Crippen LogP contribution in [-0.4, -0.2) is 32.0 Å². The van der Waals surface area contributed by atoms with Crippen molar-refractivity contribution >= 4 is 57.6 Å². The van der Waals surface area contributed by atoms with E-state index in [1.54, 1.807) is 18.9 Å². The van der Waals surface area contributed by atoms with Crippen molar-refractivity contribution in [1.82, 2.24) is 5.01 Å². The number of halogens is 3. The van der Waals surface area contributed by atoms with E-state index in [2.05, 4.69) is 12.0 Å². The van der Waals surface area contributed by atoms with Crippen molar-refractivity contribution in [3.63, 3.8) is 0 Å². The first-order valence-corrected chi connectivity index (χ1v) is 8.54. The molecule has 1 aliphatic rings. The highest BCUT2D eigenvalue weighted by Crippen LogP contribution is 2.40. The molecular formula is C13H19Cl3N2O2S. The molecule has 0 saturated heterocycles. The second kappa shape index (κ2) is 7.44. The molecule has 0 spiro atoms. The highest BCUT2D eigenvalue weighted by molar-refractivity contribution is 8.17. The van der Waals surface area contributed by atoms with Crippen molar-refractivity contribution in [2.24, 2.45) is 5.10 Å². The van der Waals surface area contributed by atoms with Crippen LogP contribution in [0.1, 0.15) is 40.5 Å². The number of alkyl halides is 3. The van der Waals surface area contributed by atoms with Crippen molar-refractivity contribution in [1.29, 1.82) is 0 Å². The van der Waals surface area contributed by atoms with Crippen molar-refractivity contribution in [2.75, 3.05) is 6.54 Å². The quantitative estimate of drug-likeness (QED) is 0.398. The molecule has 0 atom stereocenters. The van der Waals surface area contributed by atoms with E-state index in [1.807, 2.05) is 6.92 Å². The number of hydrogen-bond acceptors (Lipinski definition) is 5. The largest absolute Gasteiger partial charge is 0.452 e. The predicted octanol–water partition coefficient (Wildman–Crippen LogP) is 4.70. The van der Waals surface area contributed by atoms with Crippen LogP contribution in [0.5, 0.6) is 0 Å². The number of thioether (sulfide) groups is 1. The first-order valence-electron chi connectivity index (χ1n) is 6.59. The molecule has 0 aromatic heterocycles. The normalized spacial score (nSPS) is 18.1.